The highest BCUT2D eigenvalue weighted by atomic mass is 35.5. The third-order valence-corrected chi connectivity index (χ3v) is 5.24. The molecule has 0 saturated carbocycles. The molecule has 3 rings (SSSR count). The predicted molar refractivity (Wildman–Crippen MR) is 88.1 cm³/mol. The van der Waals surface area contributed by atoms with Crippen molar-refractivity contribution in [1.29, 1.82) is 0 Å². The summed E-state index contributed by atoms with van der Waals surface area (Å²) in [6.45, 7) is 2.92. The zero-order chi connectivity index (χ0) is 14.7. The molecular weight excluding hydrogens is 302 g/mol. The lowest BCUT2D eigenvalue weighted by molar-refractivity contribution is 0.0835. The van der Waals surface area contributed by atoms with Gasteiger partial charge in [-0.05, 0) is 38.1 Å². The third kappa shape index (κ3) is 3.73. The summed E-state index contributed by atoms with van der Waals surface area (Å²) >= 11 is 7.61. The van der Waals surface area contributed by atoms with Gasteiger partial charge in [-0.3, -0.25) is 9.69 Å². The van der Waals surface area contributed by atoms with Crippen LogP contribution < -0.4 is 0 Å². The molecule has 110 valence electrons. The lowest BCUT2D eigenvalue weighted by Crippen LogP contribution is -2.35. The lowest BCUT2D eigenvalue weighted by Gasteiger charge is -2.30. The summed E-state index contributed by atoms with van der Waals surface area (Å²) in [7, 11) is 0. The van der Waals surface area contributed by atoms with Crippen LogP contribution in [0.15, 0.2) is 42.5 Å². The van der Waals surface area contributed by atoms with Crippen LogP contribution in [0.2, 0.25) is 4.34 Å². The predicted octanol–water partition coefficient (Wildman–Crippen LogP) is 4.50. The van der Waals surface area contributed by atoms with Gasteiger partial charge in [0.2, 0.25) is 0 Å². The molecule has 0 N–H and O–H groups in total. The normalized spacial score (nSPS) is 17.0. The first kappa shape index (κ1) is 14.8. The van der Waals surface area contributed by atoms with E-state index in [0.717, 1.165) is 42.4 Å². The minimum absolute atomic E-state index is 0.176. The van der Waals surface area contributed by atoms with Gasteiger partial charge in [0.1, 0.15) is 0 Å². The average molecular weight is 320 g/mol. The summed E-state index contributed by atoms with van der Waals surface area (Å²) in [5, 5.41) is 0. The van der Waals surface area contributed by atoms with Crippen LogP contribution in [-0.2, 0) is 6.54 Å². The van der Waals surface area contributed by atoms with Crippen LogP contribution in [0.3, 0.4) is 0 Å². The summed E-state index contributed by atoms with van der Waals surface area (Å²) in [6, 6.07) is 13.7. The highest BCUT2D eigenvalue weighted by Crippen LogP contribution is 2.26. The van der Waals surface area contributed by atoms with Gasteiger partial charge in [-0.1, -0.05) is 41.9 Å². The number of carbonyl (C=O) groups excluding carboxylic acids is 1. The van der Waals surface area contributed by atoms with E-state index in [1.54, 1.807) is 11.3 Å². The summed E-state index contributed by atoms with van der Waals surface area (Å²) in [4.78, 5) is 16.1. The fourth-order valence-corrected chi connectivity index (χ4v) is 3.98. The van der Waals surface area contributed by atoms with Gasteiger partial charge in [-0.15, -0.1) is 11.3 Å². The molecule has 1 aromatic heterocycles. The molecule has 4 heteroatoms. The highest BCUT2D eigenvalue weighted by Gasteiger charge is 2.25. The van der Waals surface area contributed by atoms with Gasteiger partial charge < -0.3 is 0 Å². The van der Waals surface area contributed by atoms with Crippen molar-refractivity contribution in [2.24, 2.45) is 5.92 Å². The van der Waals surface area contributed by atoms with Gasteiger partial charge in [-0.25, -0.2) is 0 Å². The van der Waals surface area contributed by atoms with Crippen LogP contribution >= 0.6 is 22.9 Å². The summed E-state index contributed by atoms with van der Waals surface area (Å²) < 4.78 is 0.846. The van der Waals surface area contributed by atoms with Crippen molar-refractivity contribution in [1.82, 2.24) is 4.90 Å². The van der Waals surface area contributed by atoms with Gasteiger partial charge in [-0.2, -0.15) is 0 Å². The molecule has 1 fully saturated rings. The van der Waals surface area contributed by atoms with Gasteiger partial charge >= 0.3 is 0 Å². The number of thiophene rings is 1. The second-order valence-corrected chi connectivity index (χ2v) is 7.29. The van der Waals surface area contributed by atoms with E-state index in [4.69, 9.17) is 11.6 Å². The standard InChI is InChI=1S/C17H18ClNOS/c18-16-7-6-15(21-16)12-19-10-8-14(9-11-19)17(20)13-4-2-1-3-5-13/h1-7,14H,8-12H2. The largest absolute Gasteiger partial charge is 0.298 e. The van der Waals surface area contributed by atoms with Crippen molar-refractivity contribution in [3.63, 3.8) is 0 Å². The Morgan fingerprint density at radius 2 is 1.86 bits per heavy atom. The second-order valence-electron chi connectivity index (χ2n) is 5.49. The minimum atomic E-state index is 0.176. The van der Waals surface area contributed by atoms with E-state index in [1.807, 2.05) is 36.4 Å². The maximum absolute atomic E-state index is 12.4. The SMILES string of the molecule is O=C(c1ccccc1)C1CCN(Cc2ccc(Cl)s2)CC1. The number of Topliss-reactive ketones (excluding diaryl/α,β-unsaturated/α-hetero) is 1. The number of rotatable bonds is 4. The highest BCUT2D eigenvalue weighted by molar-refractivity contribution is 7.16. The molecule has 1 aromatic carbocycles. The molecule has 0 unspecified atom stereocenters. The third-order valence-electron chi connectivity index (χ3n) is 4.02. The molecule has 0 radical (unpaired) electrons. The van der Waals surface area contributed by atoms with Gasteiger partial charge in [0.05, 0.1) is 4.34 Å². The number of benzene rings is 1. The average Bonchev–Trinajstić information content (AvgIpc) is 2.93. The number of nitrogens with zero attached hydrogens (tertiary/aromatic N) is 1. The van der Waals surface area contributed by atoms with E-state index < -0.39 is 0 Å². The second kappa shape index (κ2) is 6.73. The van der Waals surface area contributed by atoms with Gasteiger partial charge in [0.15, 0.2) is 5.78 Å². The Morgan fingerprint density at radius 1 is 1.14 bits per heavy atom. The monoisotopic (exact) mass is 319 g/mol. The maximum Gasteiger partial charge on any atom is 0.166 e. The molecule has 1 aliphatic heterocycles. The Hall–Kier alpha value is -1.16. The van der Waals surface area contributed by atoms with Crippen molar-refractivity contribution in [2.45, 2.75) is 19.4 Å². The molecule has 2 heterocycles. The minimum Gasteiger partial charge on any atom is -0.298 e. The molecule has 0 aliphatic carbocycles. The van der Waals surface area contributed by atoms with E-state index in [9.17, 15) is 4.79 Å². The first-order chi connectivity index (χ1) is 10.2. The zero-order valence-electron chi connectivity index (χ0n) is 11.8. The molecule has 1 saturated heterocycles. The van der Waals surface area contributed by atoms with Crippen LogP contribution in [0, 0.1) is 5.92 Å². The Morgan fingerprint density at radius 3 is 2.48 bits per heavy atom. The Kier molecular flexibility index (Phi) is 4.73. The maximum atomic E-state index is 12.4. The molecular formula is C17H18ClNOS. The van der Waals surface area contributed by atoms with Crippen LogP contribution in [0.1, 0.15) is 28.1 Å². The molecule has 1 aliphatic rings. The number of hydrogen-bond acceptors (Lipinski definition) is 3. The topological polar surface area (TPSA) is 20.3 Å². The van der Waals surface area contributed by atoms with Crippen molar-refractivity contribution in [3.8, 4) is 0 Å². The Bertz CT molecular complexity index is 602. The van der Waals surface area contributed by atoms with Gasteiger partial charge in [0, 0.05) is 22.9 Å². The van der Waals surface area contributed by atoms with Crippen molar-refractivity contribution in [2.75, 3.05) is 13.1 Å². The summed E-state index contributed by atoms with van der Waals surface area (Å²) in [5.41, 5.74) is 0.848. The number of piperidine rings is 1. The fourth-order valence-electron chi connectivity index (χ4n) is 2.85. The summed E-state index contributed by atoms with van der Waals surface area (Å²) in [5.74, 6) is 0.477. The zero-order valence-corrected chi connectivity index (χ0v) is 13.4. The Labute approximate surface area is 134 Å². The van der Waals surface area contributed by atoms with E-state index in [1.165, 1.54) is 4.88 Å². The van der Waals surface area contributed by atoms with E-state index in [0.29, 0.717) is 5.78 Å². The van der Waals surface area contributed by atoms with E-state index in [-0.39, 0.29) is 5.92 Å². The fraction of sp³-hybridized carbons (Fsp3) is 0.353. The number of hydrogen-bond donors (Lipinski definition) is 0. The Balaban J connectivity index is 1.54. The summed E-state index contributed by atoms with van der Waals surface area (Å²) in [6.07, 6.45) is 1.90. The lowest BCUT2D eigenvalue weighted by atomic mass is 9.89. The first-order valence-corrected chi connectivity index (χ1v) is 8.47. The molecule has 0 amide bonds. The molecule has 2 aromatic rings. The number of ketones is 1. The molecule has 0 atom stereocenters. The van der Waals surface area contributed by atoms with E-state index in [2.05, 4.69) is 11.0 Å². The molecule has 0 spiro atoms. The van der Waals surface area contributed by atoms with E-state index >= 15 is 0 Å². The van der Waals surface area contributed by atoms with Crippen LogP contribution in [0.25, 0.3) is 0 Å². The number of halogens is 1. The first-order valence-electron chi connectivity index (χ1n) is 7.28. The van der Waals surface area contributed by atoms with Crippen molar-refractivity contribution in [3.05, 3.63) is 57.2 Å². The van der Waals surface area contributed by atoms with Crippen molar-refractivity contribution >= 4 is 28.7 Å². The molecule has 21 heavy (non-hydrogen) atoms. The van der Waals surface area contributed by atoms with Gasteiger partial charge in [0.25, 0.3) is 0 Å². The molecule has 2 nitrogen and oxygen atoms in total. The smallest absolute Gasteiger partial charge is 0.166 e. The van der Waals surface area contributed by atoms with Crippen LogP contribution in [-0.4, -0.2) is 23.8 Å². The van der Waals surface area contributed by atoms with Crippen molar-refractivity contribution < 1.29 is 4.79 Å². The number of likely N-dealkylation sites (tertiary alicyclic amines) is 1. The molecule has 0 bridgehead atoms. The van der Waals surface area contributed by atoms with Crippen LogP contribution in [0.5, 0.6) is 0 Å². The van der Waals surface area contributed by atoms with Crippen LogP contribution in [0.4, 0.5) is 0 Å². The quantitative estimate of drug-likeness (QED) is 0.773. The number of carbonyl (C=O) groups is 1.